The quantitative estimate of drug-likeness (QED) is 0.563. The van der Waals surface area contributed by atoms with Crippen LogP contribution in [0.2, 0.25) is 0 Å². The molecule has 0 aliphatic carbocycles. The summed E-state index contributed by atoms with van der Waals surface area (Å²) in [7, 11) is 0. The summed E-state index contributed by atoms with van der Waals surface area (Å²) in [5.74, 6) is 0. The third kappa shape index (κ3) is 2.06. The van der Waals surface area contributed by atoms with Crippen molar-refractivity contribution in [3.63, 3.8) is 0 Å². The van der Waals surface area contributed by atoms with E-state index in [1.165, 1.54) is 18.2 Å². The fourth-order valence-electron chi connectivity index (χ4n) is 1.60. The first kappa shape index (κ1) is 11.4. The summed E-state index contributed by atoms with van der Waals surface area (Å²) in [4.78, 5) is 10.1. The zero-order chi connectivity index (χ0) is 12.6. The van der Waals surface area contributed by atoms with Crippen molar-refractivity contribution in [2.45, 2.75) is 6.18 Å². The second-order valence-corrected chi connectivity index (χ2v) is 3.47. The fraction of sp³-hybridized carbons (Fsp3) is 0.0909. The minimum atomic E-state index is -4.45. The zero-order valence-electron chi connectivity index (χ0n) is 8.36. The Morgan fingerprint density at radius 1 is 1.12 bits per heavy atom. The topological polar surface area (TPSA) is 43.1 Å². The zero-order valence-corrected chi connectivity index (χ0v) is 8.36. The van der Waals surface area contributed by atoms with Crippen molar-refractivity contribution in [3.05, 3.63) is 52.1 Å². The maximum absolute atomic E-state index is 12.4. The lowest BCUT2D eigenvalue weighted by atomic mass is 10.1. The van der Waals surface area contributed by atoms with Gasteiger partial charge in [0, 0.05) is 6.07 Å². The van der Waals surface area contributed by atoms with Gasteiger partial charge in [0.05, 0.1) is 15.9 Å². The van der Waals surface area contributed by atoms with Crippen molar-refractivity contribution in [1.29, 1.82) is 0 Å². The Morgan fingerprint density at radius 3 is 2.41 bits per heavy atom. The van der Waals surface area contributed by atoms with Crippen molar-refractivity contribution < 1.29 is 18.1 Å². The highest BCUT2D eigenvalue weighted by Crippen LogP contribution is 2.33. The molecule has 0 atom stereocenters. The Bertz CT molecular complexity index is 593. The van der Waals surface area contributed by atoms with Gasteiger partial charge in [0.2, 0.25) is 0 Å². The van der Waals surface area contributed by atoms with Gasteiger partial charge in [-0.05, 0) is 23.6 Å². The minimum Gasteiger partial charge on any atom is -0.258 e. The van der Waals surface area contributed by atoms with Crippen LogP contribution >= 0.6 is 0 Å². The molecule has 0 radical (unpaired) electrons. The van der Waals surface area contributed by atoms with Crippen molar-refractivity contribution in [1.82, 2.24) is 0 Å². The van der Waals surface area contributed by atoms with Gasteiger partial charge in [-0.3, -0.25) is 10.1 Å². The van der Waals surface area contributed by atoms with Gasteiger partial charge < -0.3 is 0 Å². The molecule has 0 aliphatic heterocycles. The second kappa shape index (κ2) is 3.73. The number of halogens is 3. The summed E-state index contributed by atoms with van der Waals surface area (Å²) in [6, 6.07) is 6.90. The summed E-state index contributed by atoms with van der Waals surface area (Å²) in [5, 5.41) is 11.1. The lowest BCUT2D eigenvalue weighted by Crippen LogP contribution is -2.04. The van der Waals surface area contributed by atoms with Crippen LogP contribution in [0.3, 0.4) is 0 Å². The standard InChI is InChI=1S/C11H6F3NO2/c12-11(13,14)8-4-5-9-7(6-8)2-1-3-10(9)15(16)17/h1-6H. The smallest absolute Gasteiger partial charge is 0.258 e. The van der Waals surface area contributed by atoms with Crippen LogP contribution in [-0.4, -0.2) is 4.92 Å². The van der Waals surface area contributed by atoms with Crippen LogP contribution in [-0.2, 0) is 6.18 Å². The van der Waals surface area contributed by atoms with Crippen molar-refractivity contribution in [3.8, 4) is 0 Å². The Labute approximate surface area is 93.6 Å². The molecule has 17 heavy (non-hydrogen) atoms. The number of alkyl halides is 3. The molecule has 0 saturated carbocycles. The van der Waals surface area contributed by atoms with Crippen LogP contribution in [0.4, 0.5) is 18.9 Å². The normalized spacial score (nSPS) is 11.7. The van der Waals surface area contributed by atoms with E-state index in [1.807, 2.05) is 0 Å². The minimum absolute atomic E-state index is 0.198. The maximum atomic E-state index is 12.4. The molecule has 0 N–H and O–H groups in total. The summed E-state index contributed by atoms with van der Waals surface area (Å²) < 4.78 is 37.3. The Balaban J connectivity index is 2.69. The first-order chi connectivity index (χ1) is 7.89. The van der Waals surface area contributed by atoms with Gasteiger partial charge in [0.15, 0.2) is 0 Å². The lowest BCUT2D eigenvalue weighted by molar-refractivity contribution is -0.383. The van der Waals surface area contributed by atoms with E-state index in [0.29, 0.717) is 0 Å². The highest BCUT2D eigenvalue weighted by atomic mass is 19.4. The Kier molecular flexibility index (Phi) is 2.49. The maximum Gasteiger partial charge on any atom is 0.416 e. The molecule has 0 heterocycles. The average molecular weight is 241 g/mol. The monoisotopic (exact) mass is 241 g/mol. The molecule has 2 aromatic carbocycles. The molecule has 0 amide bonds. The Morgan fingerprint density at radius 2 is 1.82 bits per heavy atom. The average Bonchev–Trinajstić information content (AvgIpc) is 2.26. The third-order valence-electron chi connectivity index (χ3n) is 2.38. The number of nitro groups is 1. The molecule has 0 saturated heterocycles. The summed E-state index contributed by atoms with van der Waals surface area (Å²) in [6.45, 7) is 0. The SMILES string of the molecule is O=[N+]([O-])c1cccc2cc(C(F)(F)F)ccc12. The van der Waals surface area contributed by atoms with Gasteiger partial charge in [0.25, 0.3) is 5.69 Å². The van der Waals surface area contributed by atoms with Gasteiger partial charge >= 0.3 is 6.18 Å². The van der Waals surface area contributed by atoms with E-state index in [4.69, 9.17) is 0 Å². The number of nitrogens with zero attached hydrogens (tertiary/aromatic N) is 1. The van der Waals surface area contributed by atoms with Crippen LogP contribution in [0.5, 0.6) is 0 Å². The Hall–Kier alpha value is -2.11. The predicted molar refractivity (Wildman–Crippen MR) is 55.6 cm³/mol. The highest BCUT2D eigenvalue weighted by Gasteiger charge is 2.30. The number of nitro benzene ring substituents is 1. The van der Waals surface area contributed by atoms with Gasteiger partial charge in [-0.15, -0.1) is 0 Å². The number of hydrogen-bond acceptors (Lipinski definition) is 2. The molecular weight excluding hydrogens is 235 g/mol. The van der Waals surface area contributed by atoms with Crippen LogP contribution < -0.4 is 0 Å². The van der Waals surface area contributed by atoms with Gasteiger partial charge in [-0.2, -0.15) is 13.2 Å². The highest BCUT2D eigenvalue weighted by molar-refractivity contribution is 5.91. The molecule has 0 fully saturated rings. The third-order valence-corrected chi connectivity index (χ3v) is 2.38. The van der Waals surface area contributed by atoms with Gasteiger partial charge in [-0.1, -0.05) is 12.1 Å². The van der Waals surface area contributed by atoms with E-state index < -0.39 is 16.7 Å². The molecule has 88 valence electrons. The number of fused-ring (bicyclic) bond motifs is 1. The van der Waals surface area contributed by atoms with E-state index in [-0.39, 0.29) is 16.5 Å². The molecule has 0 aromatic heterocycles. The molecule has 2 aromatic rings. The molecule has 6 heteroatoms. The first-order valence-electron chi connectivity index (χ1n) is 4.64. The van der Waals surface area contributed by atoms with E-state index in [9.17, 15) is 23.3 Å². The molecule has 0 spiro atoms. The summed E-state index contributed by atoms with van der Waals surface area (Å²) in [6.07, 6.45) is -4.45. The number of hydrogen-bond donors (Lipinski definition) is 0. The molecule has 0 bridgehead atoms. The van der Waals surface area contributed by atoms with Crippen LogP contribution in [0.25, 0.3) is 10.8 Å². The van der Waals surface area contributed by atoms with Crippen molar-refractivity contribution >= 4 is 16.5 Å². The van der Waals surface area contributed by atoms with E-state index in [2.05, 4.69) is 0 Å². The first-order valence-corrected chi connectivity index (χ1v) is 4.64. The summed E-state index contributed by atoms with van der Waals surface area (Å²) >= 11 is 0. The van der Waals surface area contributed by atoms with Gasteiger partial charge in [0.1, 0.15) is 0 Å². The molecular formula is C11H6F3NO2. The molecule has 0 aliphatic rings. The van der Waals surface area contributed by atoms with E-state index >= 15 is 0 Å². The van der Waals surface area contributed by atoms with Crippen LogP contribution in [0, 0.1) is 10.1 Å². The molecule has 3 nitrogen and oxygen atoms in total. The van der Waals surface area contributed by atoms with Crippen LogP contribution in [0.15, 0.2) is 36.4 Å². The molecule has 0 unspecified atom stereocenters. The lowest BCUT2D eigenvalue weighted by Gasteiger charge is -2.07. The van der Waals surface area contributed by atoms with Crippen molar-refractivity contribution in [2.75, 3.05) is 0 Å². The van der Waals surface area contributed by atoms with Crippen LogP contribution in [0.1, 0.15) is 5.56 Å². The number of non-ortho nitro benzene ring substituents is 1. The molecule has 2 rings (SSSR count). The van der Waals surface area contributed by atoms with Gasteiger partial charge in [-0.25, -0.2) is 0 Å². The van der Waals surface area contributed by atoms with E-state index in [1.54, 1.807) is 0 Å². The van der Waals surface area contributed by atoms with E-state index in [0.717, 1.165) is 18.2 Å². The number of benzene rings is 2. The predicted octanol–water partition coefficient (Wildman–Crippen LogP) is 3.77. The number of rotatable bonds is 1. The largest absolute Gasteiger partial charge is 0.416 e. The second-order valence-electron chi connectivity index (χ2n) is 3.47. The summed E-state index contributed by atoms with van der Waals surface area (Å²) in [5.41, 5.74) is -1.01. The van der Waals surface area contributed by atoms with Crippen molar-refractivity contribution in [2.24, 2.45) is 0 Å². The fourth-order valence-corrected chi connectivity index (χ4v) is 1.60.